The summed E-state index contributed by atoms with van der Waals surface area (Å²) in [6.45, 7) is 3.34. The maximum atomic E-state index is 5.79. The highest BCUT2D eigenvalue weighted by atomic mass is 16.5. The van der Waals surface area contributed by atoms with Gasteiger partial charge in [-0.05, 0) is 30.2 Å². The zero-order valence-electron chi connectivity index (χ0n) is 7.58. The van der Waals surface area contributed by atoms with Crippen molar-refractivity contribution in [2.24, 2.45) is 4.99 Å². The first kappa shape index (κ1) is 8.10. The fraction of sp³-hybridized carbons (Fsp3) is 0.300. The molecule has 1 aliphatic heterocycles. The van der Waals surface area contributed by atoms with Gasteiger partial charge >= 0.3 is 0 Å². The highest BCUT2D eigenvalue weighted by Gasteiger charge is 2.10. The Morgan fingerprint density at radius 3 is 3.15 bits per heavy atom. The second kappa shape index (κ2) is 3.09. The average molecular weight is 176 g/mol. The first-order valence-corrected chi connectivity index (χ1v) is 4.36. The number of nitrogens with two attached hydrogens (primary N) is 1. The Hall–Kier alpha value is -1.51. The predicted molar refractivity (Wildman–Crippen MR) is 53.3 cm³/mol. The Kier molecular flexibility index (Phi) is 1.93. The van der Waals surface area contributed by atoms with Gasteiger partial charge in [-0.15, -0.1) is 0 Å². The van der Waals surface area contributed by atoms with Crippen LogP contribution in [0.2, 0.25) is 0 Å². The molecule has 0 unspecified atom stereocenters. The minimum atomic E-state index is 0.643. The van der Waals surface area contributed by atoms with Gasteiger partial charge in [0, 0.05) is 6.21 Å². The molecule has 0 amide bonds. The number of hydrogen-bond donors (Lipinski definition) is 1. The molecule has 1 aliphatic rings. The second-order valence-corrected chi connectivity index (χ2v) is 2.99. The molecular formula is C10H12N2O. The van der Waals surface area contributed by atoms with E-state index >= 15 is 0 Å². The number of anilines is 1. The Morgan fingerprint density at radius 2 is 2.38 bits per heavy atom. The molecule has 68 valence electrons. The van der Waals surface area contributed by atoms with Crippen LogP contribution in [0.4, 0.5) is 5.69 Å². The van der Waals surface area contributed by atoms with Crippen molar-refractivity contribution in [1.82, 2.24) is 0 Å². The molecule has 1 aromatic rings. The lowest BCUT2D eigenvalue weighted by Crippen LogP contribution is -1.99. The van der Waals surface area contributed by atoms with Crippen LogP contribution in [-0.2, 0) is 6.54 Å². The topological polar surface area (TPSA) is 47.6 Å². The zero-order valence-corrected chi connectivity index (χ0v) is 7.58. The summed E-state index contributed by atoms with van der Waals surface area (Å²) in [4.78, 5) is 4.16. The van der Waals surface area contributed by atoms with Gasteiger partial charge in [-0.2, -0.15) is 0 Å². The van der Waals surface area contributed by atoms with E-state index in [0.717, 1.165) is 17.9 Å². The van der Waals surface area contributed by atoms with Crippen LogP contribution in [0.15, 0.2) is 17.1 Å². The Labute approximate surface area is 77.2 Å². The first-order valence-electron chi connectivity index (χ1n) is 4.36. The van der Waals surface area contributed by atoms with Crippen LogP contribution >= 0.6 is 0 Å². The van der Waals surface area contributed by atoms with E-state index in [-0.39, 0.29) is 0 Å². The third-order valence-electron chi connectivity index (χ3n) is 2.06. The maximum Gasteiger partial charge on any atom is 0.142 e. The summed E-state index contributed by atoms with van der Waals surface area (Å²) in [5, 5.41) is 0. The monoisotopic (exact) mass is 176 g/mol. The molecule has 1 heterocycles. The smallest absolute Gasteiger partial charge is 0.142 e. The number of fused-ring (bicyclic) bond motifs is 1. The minimum absolute atomic E-state index is 0.643. The molecule has 0 fully saturated rings. The molecule has 0 radical (unpaired) electrons. The van der Waals surface area contributed by atoms with Crippen molar-refractivity contribution in [3.63, 3.8) is 0 Å². The van der Waals surface area contributed by atoms with Gasteiger partial charge in [0.2, 0.25) is 0 Å². The van der Waals surface area contributed by atoms with E-state index in [2.05, 4.69) is 4.99 Å². The van der Waals surface area contributed by atoms with Crippen LogP contribution in [0.3, 0.4) is 0 Å². The molecule has 0 spiro atoms. The molecule has 1 aromatic carbocycles. The van der Waals surface area contributed by atoms with Gasteiger partial charge in [0.1, 0.15) is 5.75 Å². The molecule has 0 aliphatic carbocycles. The quantitative estimate of drug-likeness (QED) is 0.696. The molecule has 2 N–H and O–H groups in total. The number of benzene rings is 1. The van der Waals surface area contributed by atoms with Crippen molar-refractivity contribution in [2.45, 2.75) is 13.5 Å². The third kappa shape index (κ3) is 1.37. The minimum Gasteiger partial charge on any atom is -0.492 e. The van der Waals surface area contributed by atoms with Crippen LogP contribution in [0.25, 0.3) is 0 Å². The highest BCUT2D eigenvalue weighted by molar-refractivity contribution is 5.86. The van der Waals surface area contributed by atoms with Crippen LogP contribution in [-0.4, -0.2) is 12.8 Å². The normalized spacial score (nSPS) is 13.0. The van der Waals surface area contributed by atoms with E-state index in [1.54, 1.807) is 0 Å². The Morgan fingerprint density at radius 1 is 1.54 bits per heavy atom. The van der Waals surface area contributed by atoms with Crippen molar-refractivity contribution < 1.29 is 4.74 Å². The first-order chi connectivity index (χ1) is 6.31. The van der Waals surface area contributed by atoms with Crippen LogP contribution < -0.4 is 10.5 Å². The van der Waals surface area contributed by atoms with Crippen LogP contribution in [0.1, 0.15) is 18.1 Å². The van der Waals surface area contributed by atoms with Crippen LogP contribution in [0.5, 0.6) is 5.75 Å². The SMILES string of the molecule is CCOc1cc2c(cc1N)C=NC2. The Bertz CT molecular complexity index is 358. The van der Waals surface area contributed by atoms with Gasteiger partial charge in [-0.1, -0.05) is 0 Å². The highest BCUT2D eigenvalue weighted by Crippen LogP contribution is 2.27. The number of ether oxygens (including phenoxy) is 1. The maximum absolute atomic E-state index is 5.79. The lowest BCUT2D eigenvalue weighted by molar-refractivity contribution is 0.342. The molecule has 0 aromatic heterocycles. The summed E-state index contributed by atoms with van der Waals surface area (Å²) in [5.74, 6) is 0.770. The molecule has 0 saturated heterocycles. The summed E-state index contributed by atoms with van der Waals surface area (Å²) < 4.78 is 5.38. The number of nitrogen functional groups attached to an aromatic ring is 1. The lowest BCUT2D eigenvalue weighted by Gasteiger charge is -2.08. The fourth-order valence-electron chi connectivity index (χ4n) is 1.44. The lowest BCUT2D eigenvalue weighted by atomic mass is 10.1. The largest absolute Gasteiger partial charge is 0.492 e. The molecule has 0 saturated carbocycles. The van der Waals surface area contributed by atoms with Crippen molar-refractivity contribution >= 4 is 11.9 Å². The molecule has 3 heteroatoms. The van der Waals surface area contributed by atoms with Crippen LogP contribution in [0, 0.1) is 0 Å². The average Bonchev–Trinajstić information content (AvgIpc) is 2.52. The van der Waals surface area contributed by atoms with Crippen molar-refractivity contribution in [1.29, 1.82) is 0 Å². The van der Waals surface area contributed by atoms with Gasteiger partial charge in [0.15, 0.2) is 0 Å². The summed E-state index contributed by atoms with van der Waals surface area (Å²) in [6.07, 6.45) is 1.85. The summed E-state index contributed by atoms with van der Waals surface area (Å²) >= 11 is 0. The van der Waals surface area contributed by atoms with Crippen molar-refractivity contribution in [3.05, 3.63) is 23.3 Å². The van der Waals surface area contributed by atoms with Gasteiger partial charge in [0.05, 0.1) is 18.8 Å². The molecule has 3 nitrogen and oxygen atoms in total. The number of rotatable bonds is 2. The van der Waals surface area contributed by atoms with E-state index in [1.807, 2.05) is 25.3 Å². The molecule has 2 rings (SSSR count). The molecule has 0 bridgehead atoms. The third-order valence-corrected chi connectivity index (χ3v) is 2.06. The summed E-state index contributed by atoms with van der Waals surface area (Å²) in [6, 6.07) is 3.89. The zero-order chi connectivity index (χ0) is 9.26. The second-order valence-electron chi connectivity index (χ2n) is 2.99. The van der Waals surface area contributed by atoms with E-state index in [1.165, 1.54) is 5.56 Å². The molecule has 13 heavy (non-hydrogen) atoms. The summed E-state index contributed by atoms with van der Waals surface area (Å²) in [7, 11) is 0. The molecular weight excluding hydrogens is 164 g/mol. The number of hydrogen-bond acceptors (Lipinski definition) is 3. The summed E-state index contributed by atoms with van der Waals surface area (Å²) in [5.41, 5.74) is 8.79. The number of nitrogens with zero attached hydrogens (tertiary/aromatic N) is 1. The molecule has 0 atom stereocenters. The Balaban J connectivity index is 2.40. The van der Waals surface area contributed by atoms with E-state index in [4.69, 9.17) is 10.5 Å². The van der Waals surface area contributed by atoms with Gasteiger partial charge < -0.3 is 10.5 Å². The van der Waals surface area contributed by atoms with E-state index in [0.29, 0.717) is 12.3 Å². The fourth-order valence-corrected chi connectivity index (χ4v) is 1.44. The van der Waals surface area contributed by atoms with Gasteiger partial charge in [0.25, 0.3) is 0 Å². The standard InChI is InChI=1S/C10H12N2O/c1-2-13-10-4-8-6-12-5-7(8)3-9(10)11/h3-5H,2,6,11H2,1H3. The van der Waals surface area contributed by atoms with E-state index in [9.17, 15) is 0 Å². The van der Waals surface area contributed by atoms with Gasteiger partial charge in [-0.25, -0.2) is 0 Å². The van der Waals surface area contributed by atoms with Crippen molar-refractivity contribution in [3.8, 4) is 5.75 Å². The van der Waals surface area contributed by atoms with Crippen molar-refractivity contribution in [2.75, 3.05) is 12.3 Å². The predicted octanol–water partition coefficient (Wildman–Crippen LogP) is 1.60. The van der Waals surface area contributed by atoms with E-state index < -0.39 is 0 Å². The van der Waals surface area contributed by atoms with Gasteiger partial charge in [-0.3, -0.25) is 4.99 Å². The number of aliphatic imine (C=N–C) groups is 1.